The van der Waals surface area contributed by atoms with Crippen LogP contribution in [0.4, 0.5) is 5.69 Å². The van der Waals surface area contributed by atoms with E-state index in [1.807, 2.05) is 0 Å². The lowest BCUT2D eigenvalue weighted by atomic mass is 9.83. The van der Waals surface area contributed by atoms with Crippen LogP contribution in [0, 0.1) is 11.3 Å². The van der Waals surface area contributed by atoms with Gasteiger partial charge in [-0.2, -0.15) is 0 Å². The molecule has 1 aliphatic rings. The molecule has 1 heterocycles. The Bertz CT molecular complexity index is 453. The average molecular weight is 288 g/mol. The molecule has 0 radical (unpaired) electrons. The molecule has 118 valence electrons. The summed E-state index contributed by atoms with van der Waals surface area (Å²) in [5, 5.41) is 3.67. The molecule has 2 heteroatoms. The van der Waals surface area contributed by atoms with Crippen molar-refractivity contribution < 1.29 is 0 Å². The number of hydrogen-bond acceptors (Lipinski definition) is 2. The summed E-state index contributed by atoms with van der Waals surface area (Å²) in [4.78, 5) is 2.60. The van der Waals surface area contributed by atoms with Crippen LogP contribution in [0.1, 0.15) is 46.6 Å². The Hall–Kier alpha value is -1.02. The van der Waals surface area contributed by atoms with Crippen LogP contribution < -0.4 is 10.2 Å². The fraction of sp³-hybridized carbons (Fsp3) is 0.684. The number of nitrogens with zero attached hydrogens (tertiary/aromatic N) is 1. The summed E-state index contributed by atoms with van der Waals surface area (Å²) in [6, 6.07) is 9.46. The molecule has 2 rings (SSSR count). The summed E-state index contributed by atoms with van der Waals surface area (Å²) in [5.74, 6) is 0.745. The number of benzene rings is 1. The van der Waals surface area contributed by atoms with Crippen molar-refractivity contribution in [1.82, 2.24) is 5.32 Å². The van der Waals surface area contributed by atoms with Gasteiger partial charge in [-0.1, -0.05) is 45.9 Å². The molecule has 0 aliphatic carbocycles. The van der Waals surface area contributed by atoms with Crippen LogP contribution in [0.5, 0.6) is 0 Å². The van der Waals surface area contributed by atoms with Gasteiger partial charge in [0, 0.05) is 24.8 Å². The Morgan fingerprint density at radius 3 is 2.76 bits per heavy atom. The molecule has 0 amide bonds. The van der Waals surface area contributed by atoms with Crippen molar-refractivity contribution in [1.29, 1.82) is 0 Å². The van der Waals surface area contributed by atoms with Gasteiger partial charge in [0.2, 0.25) is 0 Å². The van der Waals surface area contributed by atoms with Gasteiger partial charge in [-0.3, -0.25) is 0 Å². The van der Waals surface area contributed by atoms with E-state index in [4.69, 9.17) is 0 Å². The standard InChI is InChI=1S/C19H32N2/c1-6-11-20-16(3)19(4,5)14-21-13-15(2)12-17-9-7-8-10-18(17)21/h7-10,15-16,20H,6,11-14H2,1-5H3. The molecular formula is C19H32N2. The molecule has 0 spiro atoms. The Labute approximate surface area is 130 Å². The van der Waals surface area contributed by atoms with E-state index in [1.54, 1.807) is 0 Å². The molecule has 2 atom stereocenters. The Balaban J connectivity index is 2.11. The molecule has 2 nitrogen and oxygen atoms in total. The fourth-order valence-electron chi connectivity index (χ4n) is 3.32. The minimum Gasteiger partial charge on any atom is -0.370 e. The van der Waals surface area contributed by atoms with Gasteiger partial charge < -0.3 is 10.2 Å². The normalized spacial score (nSPS) is 20.2. The Morgan fingerprint density at radius 2 is 2.05 bits per heavy atom. The SMILES string of the molecule is CCCNC(C)C(C)(C)CN1CC(C)Cc2ccccc21. The predicted octanol–water partition coefficient (Wildman–Crippen LogP) is 4.10. The van der Waals surface area contributed by atoms with Crippen molar-refractivity contribution in [2.75, 3.05) is 24.5 Å². The van der Waals surface area contributed by atoms with Gasteiger partial charge >= 0.3 is 0 Å². The summed E-state index contributed by atoms with van der Waals surface area (Å²) in [7, 11) is 0. The van der Waals surface area contributed by atoms with E-state index in [0.29, 0.717) is 6.04 Å². The van der Waals surface area contributed by atoms with E-state index in [1.165, 1.54) is 30.6 Å². The minimum absolute atomic E-state index is 0.263. The monoisotopic (exact) mass is 288 g/mol. The van der Waals surface area contributed by atoms with E-state index in [9.17, 15) is 0 Å². The first kappa shape index (κ1) is 16.4. The van der Waals surface area contributed by atoms with Crippen LogP contribution in [0.25, 0.3) is 0 Å². The number of anilines is 1. The van der Waals surface area contributed by atoms with Crippen molar-refractivity contribution in [2.24, 2.45) is 11.3 Å². The lowest BCUT2D eigenvalue weighted by molar-refractivity contribution is 0.256. The summed E-state index contributed by atoms with van der Waals surface area (Å²) in [6.45, 7) is 15.1. The fourth-order valence-corrected chi connectivity index (χ4v) is 3.32. The van der Waals surface area contributed by atoms with Crippen molar-refractivity contribution in [3.63, 3.8) is 0 Å². The number of para-hydroxylation sites is 1. The first-order valence-electron chi connectivity index (χ1n) is 8.50. The maximum atomic E-state index is 3.67. The second-order valence-electron chi connectivity index (χ2n) is 7.48. The van der Waals surface area contributed by atoms with Crippen molar-refractivity contribution in [3.8, 4) is 0 Å². The molecule has 2 unspecified atom stereocenters. The van der Waals surface area contributed by atoms with Gasteiger partial charge in [-0.15, -0.1) is 0 Å². The van der Waals surface area contributed by atoms with Crippen LogP contribution in [0.3, 0.4) is 0 Å². The maximum absolute atomic E-state index is 3.67. The zero-order valence-corrected chi connectivity index (χ0v) is 14.4. The van der Waals surface area contributed by atoms with Crippen molar-refractivity contribution in [3.05, 3.63) is 29.8 Å². The van der Waals surface area contributed by atoms with Gasteiger partial charge in [0.25, 0.3) is 0 Å². The predicted molar refractivity (Wildman–Crippen MR) is 93.1 cm³/mol. The summed E-state index contributed by atoms with van der Waals surface area (Å²) in [5.41, 5.74) is 3.23. The first-order chi connectivity index (χ1) is 9.94. The molecule has 1 aromatic rings. The second-order valence-corrected chi connectivity index (χ2v) is 7.48. The number of rotatable bonds is 6. The highest BCUT2D eigenvalue weighted by Gasteiger charge is 2.31. The van der Waals surface area contributed by atoms with Gasteiger partial charge in [0.1, 0.15) is 0 Å². The topological polar surface area (TPSA) is 15.3 Å². The highest BCUT2D eigenvalue weighted by atomic mass is 15.2. The molecule has 1 aromatic carbocycles. The third-order valence-corrected chi connectivity index (χ3v) is 4.90. The Kier molecular flexibility index (Phi) is 5.32. The van der Waals surface area contributed by atoms with Crippen molar-refractivity contribution in [2.45, 2.75) is 53.5 Å². The third-order valence-electron chi connectivity index (χ3n) is 4.90. The zero-order chi connectivity index (χ0) is 15.5. The second kappa shape index (κ2) is 6.83. The lowest BCUT2D eigenvalue weighted by Gasteiger charge is -2.42. The summed E-state index contributed by atoms with van der Waals surface area (Å²) in [6.07, 6.45) is 2.42. The molecule has 21 heavy (non-hydrogen) atoms. The van der Waals surface area contributed by atoms with Gasteiger partial charge in [-0.25, -0.2) is 0 Å². The van der Waals surface area contributed by atoms with Crippen LogP contribution in [0.15, 0.2) is 24.3 Å². The minimum atomic E-state index is 0.263. The Morgan fingerprint density at radius 1 is 1.33 bits per heavy atom. The number of nitrogens with one attached hydrogen (secondary N) is 1. The molecule has 0 bridgehead atoms. The summed E-state index contributed by atoms with van der Waals surface area (Å²) < 4.78 is 0. The van der Waals surface area contributed by atoms with Crippen molar-refractivity contribution >= 4 is 5.69 Å². The molecule has 1 N–H and O–H groups in total. The van der Waals surface area contributed by atoms with E-state index in [0.717, 1.165) is 19.0 Å². The molecule has 1 aliphatic heterocycles. The largest absolute Gasteiger partial charge is 0.370 e. The van der Waals surface area contributed by atoms with E-state index < -0.39 is 0 Å². The average Bonchev–Trinajstić information content (AvgIpc) is 2.44. The van der Waals surface area contributed by atoms with Gasteiger partial charge in [0.15, 0.2) is 0 Å². The van der Waals surface area contributed by atoms with E-state index >= 15 is 0 Å². The van der Waals surface area contributed by atoms with Crippen LogP contribution >= 0.6 is 0 Å². The third kappa shape index (κ3) is 4.00. The molecule has 0 aromatic heterocycles. The number of hydrogen-bond donors (Lipinski definition) is 1. The lowest BCUT2D eigenvalue weighted by Crippen LogP contribution is -2.49. The molecular weight excluding hydrogens is 256 g/mol. The number of fused-ring (bicyclic) bond motifs is 1. The van der Waals surface area contributed by atoms with Crippen LogP contribution in [-0.4, -0.2) is 25.7 Å². The van der Waals surface area contributed by atoms with E-state index in [2.05, 4.69) is 69.1 Å². The quantitative estimate of drug-likeness (QED) is 0.848. The van der Waals surface area contributed by atoms with Crippen LogP contribution in [0.2, 0.25) is 0 Å². The van der Waals surface area contributed by atoms with Crippen LogP contribution in [-0.2, 0) is 6.42 Å². The smallest absolute Gasteiger partial charge is 0.0399 e. The highest BCUT2D eigenvalue weighted by molar-refractivity contribution is 5.56. The molecule has 0 fully saturated rings. The van der Waals surface area contributed by atoms with E-state index in [-0.39, 0.29) is 5.41 Å². The molecule has 0 saturated heterocycles. The highest BCUT2D eigenvalue weighted by Crippen LogP contribution is 2.33. The summed E-state index contributed by atoms with van der Waals surface area (Å²) >= 11 is 0. The zero-order valence-electron chi connectivity index (χ0n) is 14.4. The maximum Gasteiger partial charge on any atom is 0.0399 e. The first-order valence-corrected chi connectivity index (χ1v) is 8.50. The van der Waals surface area contributed by atoms with Gasteiger partial charge in [-0.05, 0) is 49.3 Å². The molecule has 0 saturated carbocycles. The van der Waals surface area contributed by atoms with Gasteiger partial charge in [0.05, 0.1) is 0 Å².